The Morgan fingerprint density at radius 3 is 2.62 bits per heavy atom. The largest absolute Gasteiger partial charge is 0.395 e. The zero-order chi connectivity index (χ0) is 15.0. The van der Waals surface area contributed by atoms with E-state index in [1.54, 1.807) is 11.4 Å². The molecule has 2 aliphatic carbocycles. The van der Waals surface area contributed by atoms with Gasteiger partial charge in [-0.1, -0.05) is 12.8 Å². The second-order valence-electron chi connectivity index (χ2n) is 7.17. The summed E-state index contributed by atoms with van der Waals surface area (Å²) < 4.78 is 28.7. The van der Waals surface area contributed by atoms with Gasteiger partial charge in [0.15, 0.2) is 0 Å². The van der Waals surface area contributed by atoms with Crippen molar-refractivity contribution >= 4 is 10.2 Å². The Hall–Kier alpha value is -0.170. The molecule has 0 spiro atoms. The summed E-state index contributed by atoms with van der Waals surface area (Å²) in [6.07, 6.45) is 7.82. The lowest BCUT2D eigenvalue weighted by Crippen LogP contribution is -2.51. The third-order valence-electron chi connectivity index (χ3n) is 5.85. The predicted molar refractivity (Wildman–Crippen MR) is 81.9 cm³/mol. The fourth-order valence-electron chi connectivity index (χ4n) is 4.66. The highest BCUT2D eigenvalue weighted by molar-refractivity contribution is 7.86. The first-order chi connectivity index (χ1) is 10.0. The van der Waals surface area contributed by atoms with Gasteiger partial charge in [0.1, 0.15) is 0 Å². The molecule has 3 rings (SSSR count). The summed E-state index contributed by atoms with van der Waals surface area (Å²) in [5.41, 5.74) is 0. The molecule has 3 aliphatic rings. The van der Waals surface area contributed by atoms with Gasteiger partial charge in [-0.05, 0) is 49.9 Å². The van der Waals surface area contributed by atoms with Gasteiger partial charge in [0.25, 0.3) is 10.2 Å². The molecule has 1 heterocycles. The Balaban J connectivity index is 1.65. The maximum atomic E-state index is 12.8. The van der Waals surface area contributed by atoms with Gasteiger partial charge in [-0.3, -0.25) is 0 Å². The molecule has 122 valence electrons. The van der Waals surface area contributed by atoms with E-state index in [0.717, 1.165) is 31.1 Å². The first-order valence-corrected chi connectivity index (χ1v) is 9.76. The maximum Gasteiger partial charge on any atom is 0.282 e. The third-order valence-corrected chi connectivity index (χ3v) is 7.86. The lowest BCUT2D eigenvalue weighted by molar-refractivity contribution is 0.147. The minimum absolute atomic E-state index is 0.0683. The third kappa shape index (κ3) is 3.00. The van der Waals surface area contributed by atoms with E-state index in [0.29, 0.717) is 19.0 Å². The standard InChI is InChI=1S/C15H28N2O3S/c1-16(10-14-9-12-5-6-13(14)8-12)21(19,20)17-7-3-2-4-15(17)11-18/h12-15,18H,2-11H2,1H3. The first kappa shape index (κ1) is 15.7. The zero-order valence-corrected chi connectivity index (χ0v) is 13.8. The Morgan fingerprint density at radius 2 is 2.00 bits per heavy atom. The van der Waals surface area contributed by atoms with Gasteiger partial charge in [-0.2, -0.15) is 17.0 Å². The average Bonchev–Trinajstić information content (AvgIpc) is 3.09. The SMILES string of the molecule is CN(CC1CC2CCC1C2)S(=O)(=O)N1CCCCC1CO. The summed E-state index contributed by atoms with van der Waals surface area (Å²) in [6.45, 7) is 1.13. The zero-order valence-electron chi connectivity index (χ0n) is 12.9. The summed E-state index contributed by atoms with van der Waals surface area (Å²) in [5.74, 6) is 2.12. The number of nitrogens with zero attached hydrogens (tertiary/aromatic N) is 2. The number of piperidine rings is 1. The molecular weight excluding hydrogens is 288 g/mol. The van der Waals surface area contributed by atoms with Gasteiger partial charge in [-0.25, -0.2) is 0 Å². The van der Waals surface area contributed by atoms with Crippen molar-refractivity contribution in [1.29, 1.82) is 0 Å². The second-order valence-corrected chi connectivity index (χ2v) is 9.15. The highest BCUT2D eigenvalue weighted by Gasteiger charge is 2.42. The highest BCUT2D eigenvalue weighted by Crippen LogP contribution is 2.48. The number of hydrogen-bond acceptors (Lipinski definition) is 3. The van der Waals surface area contributed by atoms with Crippen molar-refractivity contribution < 1.29 is 13.5 Å². The quantitative estimate of drug-likeness (QED) is 0.835. The molecule has 4 unspecified atom stereocenters. The van der Waals surface area contributed by atoms with Crippen molar-refractivity contribution in [2.24, 2.45) is 17.8 Å². The van der Waals surface area contributed by atoms with Crippen molar-refractivity contribution in [3.63, 3.8) is 0 Å². The van der Waals surface area contributed by atoms with Crippen LogP contribution >= 0.6 is 0 Å². The molecule has 3 fully saturated rings. The molecule has 0 aromatic rings. The molecule has 1 N–H and O–H groups in total. The van der Waals surface area contributed by atoms with E-state index in [1.165, 1.54) is 30.0 Å². The van der Waals surface area contributed by atoms with Crippen LogP contribution in [0, 0.1) is 17.8 Å². The monoisotopic (exact) mass is 316 g/mol. The van der Waals surface area contributed by atoms with Crippen LogP contribution in [-0.2, 0) is 10.2 Å². The van der Waals surface area contributed by atoms with Crippen molar-refractivity contribution in [1.82, 2.24) is 8.61 Å². The van der Waals surface area contributed by atoms with E-state index in [-0.39, 0.29) is 12.6 Å². The molecule has 0 aromatic heterocycles. The fourth-order valence-corrected chi connectivity index (χ4v) is 6.31. The molecule has 0 aromatic carbocycles. The van der Waals surface area contributed by atoms with Gasteiger partial charge < -0.3 is 5.11 Å². The van der Waals surface area contributed by atoms with Gasteiger partial charge in [0, 0.05) is 26.2 Å². The highest BCUT2D eigenvalue weighted by atomic mass is 32.2. The van der Waals surface area contributed by atoms with E-state index in [2.05, 4.69) is 0 Å². The normalized spacial score (nSPS) is 37.5. The molecule has 5 nitrogen and oxygen atoms in total. The summed E-state index contributed by atoms with van der Waals surface area (Å²) in [7, 11) is -1.71. The molecule has 4 atom stereocenters. The molecule has 21 heavy (non-hydrogen) atoms. The second kappa shape index (κ2) is 6.14. The van der Waals surface area contributed by atoms with Crippen LogP contribution in [0.15, 0.2) is 0 Å². The van der Waals surface area contributed by atoms with E-state index < -0.39 is 10.2 Å². The van der Waals surface area contributed by atoms with Crippen LogP contribution < -0.4 is 0 Å². The molecular formula is C15H28N2O3S. The number of aliphatic hydroxyl groups is 1. The summed E-state index contributed by atoms with van der Waals surface area (Å²) in [5, 5.41) is 9.45. The molecule has 0 amide bonds. The lowest BCUT2D eigenvalue weighted by Gasteiger charge is -2.37. The number of aliphatic hydroxyl groups excluding tert-OH is 1. The van der Waals surface area contributed by atoms with Crippen molar-refractivity contribution in [3.05, 3.63) is 0 Å². The van der Waals surface area contributed by atoms with Crippen molar-refractivity contribution in [3.8, 4) is 0 Å². The van der Waals surface area contributed by atoms with E-state index >= 15 is 0 Å². The van der Waals surface area contributed by atoms with Crippen LogP contribution in [0.1, 0.15) is 44.9 Å². The van der Waals surface area contributed by atoms with Crippen LogP contribution in [0.4, 0.5) is 0 Å². The van der Waals surface area contributed by atoms with Crippen LogP contribution in [0.2, 0.25) is 0 Å². The van der Waals surface area contributed by atoms with Crippen molar-refractivity contribution in [2.45, 2.75) is 51.0 Å². The lowest BCUT2D eigenvalue weighted by atomic mass is 9.89. The van der Waals surface area contributed by atoms with Crippen LogP contribution in [0.5, 0.6) is 0 Å². The van der Waals surface area contributed by atoms with Gasteiger partial charge in [0.2, 0.25) is 0 Å². The smallest absolute Gasteiger partial charge is 0.282 e. The molecule has 0 radical (unpaired) electrons. The topological polar surface area (TPSA) is 60.9 Å². The first-order valence-electron chi connectivity index (χ1n) is 8.36. The maximum absolute atomic E-state index is 12.8. The summed E-state index contributed by atoms with van der Waals surface area (Å²) >= 11 is 0. The van der Waals surface area contributed by atoms with E-state index in [4.69, 9.17) is 0 Å². The Morgan fingerprint density at radius 1 is 1.19 bits per heavy atom. The van der Waals surface area contributed by atoms with Crippen LogP contribution in [0.3, 0.4) is 0 Å². The number of fused-ring (bicyclic) bond motifs is 2. The fraction of sp³-hybridized carbons (Fsp3) is 1.00. The van der Waals surface area contributed by atoms with Gasteiger partial charge >= 0.3 is 0 Å². The van der Waals surface area contributed by atoms with Gasteiger partial charge in [0.05, 0.1) is 6.61 Å². The molecule has 2 saturated carbocycles. The Bertz CT molecular complexity index is 468. The molecule has 2 bridgehead atoms. The Kier molecular flexibility index (Phi) is 4.60. The average molecular weight is 316 g/mol. The van der Waals surface area contributed by atoms with Crippen LogP contribution in [0.25, 0.3) is 0 Å². The van der Waals surface area contributed by atoms with E-state index in [9.17, 15) is 13.5 Å². The van der Waals surface area contributed by atoms with E-state index in [1.807, 2.05) is 0 Å². The summed E-state index contributed by atoms with van der Waals surface area (Å²) in [4.78, 5) is 0. The number of rotatable bonds is 5. The molecule has 6 heteroatoms. The molecule has 1 aliphatic heterocycles. The van der Waals surface area contributed by atoms with Crippen LogP contribution in [-0.4, -0.2) is 54.9 Å². The number of hydrogen-bond donors (Lipinski definition) is 1. The summed E-state index contributed by atoms with van der Waals surface area (Å²) in [6, 6.07) is -0.230. The molecule has 1 saturated heterocycles. The Labute approximate surface area is 128 Å². The minimum atomic E-state index is -3.42. The predicted octanol–water partition coefficient (Wildman–Crippen LogP) is 1.45. The minimum Gasteiger partial charge on any atom is -0.395 e. The van der Waals surface area contributed by atoms with Gasteiger partial charge in [-0.15, -0.1) is 0 Å². The van der Waals surface area contributed by atoms with Crippen molar-refractivity contribution in [2.75, 3.05) is 26.7 Å².